The molecule has 3 aromatic heterocycles. The fourth-order valence-electron chi connectivity index (χ4n) is 2.32. The average Bonchev–Trinajstić information content (AvgIpc) is 3.09. The van der Waals surface area contributed by atoms with Crippen LogP contribution in [0.2, 0.25) is 0 Å². The Balaban J connectivity index is 1.46. The van der Waals surface area contributed by atoms with Crippen LogP contribution in [-0.2, 0) is 6.54 Å². The summed E-state index contributed by atoms with van der Waals surface area (Å²) in [5, 5.41) is 7.30. The third-order valence-corrected chi connectivity index (χ3v) is 3.52. The Kier molecular flexibility index (Phi) is 3.40. The van der Waals surface area contributed by atoms with Gasteiger partial charge in [-0.15, -0.1) is 0 Å². The molecule has 0 atom stereocenters. The Morgan fingerprint density at radius 2 is 1.83 bits per heavy atom. The fraction of sp³-hybridized carbons (Fsp3) is 0.0588. The van der Waals surface area contributed by atoms with Crippen molar-refractivity contribution in [1.82, 2.24) is 24.6 Å². The zero-order chi connectivity index (χ0) is 15.5. The van der Waals surface area contributed by atoms with Crippen molar-refractivity contribution in [3.05, 3.63) is 72.8 Å². The molecule has 0 amide bonds. The molecule has 6 nitrogen and oxygen atoms in total. The van der Waals surface area contributed by atoms with Gasteiger partial charge in [0.05, 0.1) is 11.9 Å². The van der Waals surface area contributed by atoms with Crippen molar-refractivity contribution in [2.75, 3.05) is 5.32 Å². The molecule has 4 aromatic rings. The van der Waals surface area contributed by atoms with Crippen molar-refractivity contribution in [2.24, 2.45) is 0 Å². The first-order chi connectivity index (χ1) is 11.4. The lowest BCUT2D eigenvalue weighted by molar-refractivity contribution is 0.887. The van der Waals surface area contributed by atoms with Gasteiger partial charge in [-0.05, 0) is 17.7 Å². The Labute approximate surface area is 132 Å². The molecule has 4 rings (SSSR count). The van der Waals surface area contributed by atoms with Gasteiger partial charge in [-0.3, -0.25) is 4.98 Å². The molecule has 0 saturated carbocycles. The second-order valence-corrected chi connectivity index (χ2v) is 5.08. The summed E-state index contributed by atoms with van der Waals surface area (Å²) < 4.78 is 1.63. The van der Waals surface area contributed by atoms with Crippen molar-refractivity contribution in [3.8, 4) is 11.3 Å². The minimum absolute atomic E-state index is 0.590. The molecule has 0 aliphatic rings. The number of hydrogen-bond donors (Lipinski definition) is 1. The maximum atomic E-state index is 4.38. The Morgan fingerprint density at radius 1 is 0.913 bits per heavy atom. The molecule has 0 aliphatic carbocycles. The molecule has 0 bridgehead atoms. The van der Waals surface area contributed by atoms with Crippen LogP contribution in [0, 0.1) is 0 Å². The van der Waals surface area contributed by atoms with E-state index in [1.54, 1.807) is 23.2 Å². The highest BCUT2D eigenvalue weighted by Crippen LogP contribution is 2.17. The van der Waals surface area contributed by atoms with Crippen LogP contribution in [0.25, 0.3) is 16.9 Å². The summed E-state index contributed by atoms with van der Waals surface area (Å²) in [6, 6.07) is 16.0. The lowest BCUT2D eigenvalue weighted by Crippen LogP contribution is -2.05. The van der Waals surface area contributed by atoms with Crippen molar-refractivity contribution in [3.63, 3.8) is 0 Å². The highest BCUT2D eigenvalue weighted by Gasteiger charge is 2.01. The molecule has 0 aliphatic heterocycles. The highest BCUT2D eigenvalue weighted by atomic mass is 15.3. The number of benzene rings is 1. The number of hydrogen-bond acceptors (Lipinski definition) is 5. The van der Waals surface area contributed by atoms with Crippen LogP contribution >= 0.6 is 0 Å². The van der Waals surface area contributed by atoms with Crippen molar-refractivity contribution in [1.29, 1.82) is 0 Å². The van der Waals surface area contributed by atoms with Crippen molar-refractivity contribution < 1.29 is 0 Å². The van der Waals surface area contributed by atoms with Crippen LogP contribution in [0.4, 0.5) is 5.95 Å². The summed E-state index contributed by atoms with van der Waals surface area (Å²) in [5.74, 6) is 0.590. The molecule has 6 heteroatoms. The molecule has 0 spiro atoms. The molecule has 0 saturated heterocycles. The van der Waals surface area contributed by atoms with Crippen LogP contribution < -0.4 is 5.32 Å². The zero-order valence-corrected chi connectivity index (χ0v) is 12.3. The van der Waals surface area contributed by atoms with E-state index < -0.39 is 0 Å². The topological polar surface area (TPSA) is 68.0 Å². The first-order valence-electron chi connectivity index (χ1n) is 7.29. The summed E-state index contributed by atoms with van der Waals surface area (Å²) in [4.78, 5) is 13.0. The largest absolute Gasteiger partial charge is 0.350 e. The van der Waals surface area contributed by atoms with Crippen LogP contribution in [0.1, 0.15) is 5.56 Å². The molecule has 3 heterocycles. The van der Waals surface area contributed by atoms with Gasteiger partial charge in [-0.25, -0.2) is 9.50 Å². The monoisotopic (exact) mass is 302 g/mol. The van der Waals surface area contributed by atoms with E-state index in [0.717, 1.165) is 22.5 Å². The quantitative estimate of drug-likeness (QED) is 0.628. The summed E-state index contributed by atoms with van der Waals surface area (Å²) in [6.07, 6.45) is 5.15. The van der Waals surface area contributed by atoms with Gasteiger partial charge in [-0.2, -0.15) is 10.1 Å². The standard InChI is InChI=1S/C17H14N6/c1-2-9-18-15(3-1)14-6-4-13(5-7-14)11-19-17-20-12-23-16(22-17)8-10-21-23/h1-10,12H,11H2,(H,19,22). The highest BCUT2D eigenvalue weighted by molar-refractivity contribution is 5.59. The van der Waals surface area contributed by atoms with Gasteiger partial charge in [0.25, 0.3) is 0 Å². The number of rotatable bonds is 4. The average molecular weight is 302 g/mol. The van der Waals surface area contributed by atoms with Gasteiger partial charge in [0, 0.05) is 24.4 Å². The van der Waals surface area contributed by atoms with Gasteiger partial charge in [0.2, 0.25) is 5.95 Å². The lowest BCUT2D eigenvalue weighted by atomic mass is 10.1. The summed E-state index contributed by atoms with van der Waals surface area (Å²) in [6.45, 7) is 0.660. The van der Waals surface area contributed by atoms with E-state index in [9.17, 15) is 0 Å². The molecular weight excluding hydrogens is 288 g/mol. The van der Waals surface area contributed by atoms with E-state index in [1.807, 2.05) is 24.3 Å². The predicted molar refractivity (Wildman–Crippen MR) is 87.8 cm³/mol. The number of fused-ring (bicyclic) bond motifs is 1. The molecule has 1 aromatic carbocycles. The van der Waals surface area contributed by atoms with E-state index in [0.29, 0.717) is 12.5 Å². The summed E-state index contributed by atoms with van der Waals surface area (Å²) in [7, 11) is 0. The molecule has 23 heavy (non-hydrogen) atoms. The first-order valence-corrected chi connectivity index (χ1v) is 7.29. The van der Waals surface area contributed by atoms with E-state index in [1.165, 1.54) is 0 Å². The van der Waals surface area contributed by atoms with Crippen molar-refractivity contribution >= 4 is 11.6 Å². The Morgan fingerprint density at radius 3 is 2.65 bits per heavy atom. The molecule has 0 unspecified atom stereocenters. The van der Waals surface area contributed by atoms with E-state index in [-0.39, 0.29) is 0 Å². The van der Waals surface area contributed by atoms with Gasteiger partial charge < -0.3 is 5.32 Å². The van der Waals surface area contributed by atoms with Crippen LogP contribution in [0.5, 0.6) is 0 Å². The van der Waals surface area contributed by atoms with Gasteiger partial charge in [0.15, 0.2) is 5.65 Å². The fourth-order valence-corrected chi connectivity index (χ4v) is 2.32. The third-order valence-electron chi connectivity index (χ3n) is 3.52. The van der Waals surface area contributed by atoms with Crippen LogP contribution in [0.15, 0.2) is 67.3 Å². The van der Waals surface area contributed by atoms with Crippen LogP contribution in [-0.4, -0.2) is 24.6 Å². The van der Waals surface area contributed by atoms with E-state index in [2.05, 4.69) is 49.6 Å². The summed E-state index contributed by atoms with van der Waals surface area (Å²) in [5.41, 5.74) is 4.00. The lowest BCUT2D eigenvalue weighted by Gasteiger charge is -2.06. The van der Waals surface area contributed by atoms with Gasteiger partial charge in [-0.1, -0.05) is 30.3 Å². The first kappa shape index (κ1) is 13.4. The molecule has 112 valence electrons. The smallest absolute Gasteiger partial charge is 0.226 e. The molecular formula is C17H14N6. The summed E-state index contributed by atoms with van der Waals surface area (Å²) >= 11 is 0. The maximum absolute atomic E-state index is 4.38. The zero-order valence-electron chi connectivity index (χ0n) is 12.3. The number of pyridine rings is 1. The molecule has 0 fully saturated rings. The number of anilines is 1. The maximum Gasteiger partial charge on any atom is 0.226 e. The molecule has 1 N–H and O–H groups in total. The normalized spacial score (nSPS) is 10.8. The van der Waals surface area contributed by atoms with E-state index in [4.69, 9.17) is 0 Å². The minimum Gasteiger partial charge on any atom is -0.350 e. The Bertz CT molecular complexity index is 915. The minimum atomic E-state index is 0.590. The number of nitrogens with zero attached hydrogens (tertiary/aromatic N) is 5. The third kappa shape index (κ3) is 2.87. The number of aromatic nitrogens is 5. The van der Waals surface area contributed by atoms with E-state index >= 15 is 0 Å². The van der Waals surface area contributed by atoms with Crippen molar-refractivity contribution in [2.45, 2.75) is 6.54 Å². The van der Waals surface area contributed by atoms with Gasteiger partial charge >= 0.3 is 0 Å². The molecule has 0 radical (unpaired) electrons. The predicted octanol–water partition coefficient (Wildman–Crippen LogP) is 2.80. The SMILES string of the molecule is c1ccc(-c2ccc(CNc3ncn4nccc4n3)cc2)nc1. The number of nitrogens with one attached hydrogen (secondary N) is 1. The second kappa shape index (κ2) is 5.84. The van der Waals surface area contributed by atoms with Crippen LogP contribution in [0.3, 0.4) is 0 Å². The van der Waals surface area contributed by atoms with Gasteiger partial charge in [0.1, 0.15) is 6.33 Å². The Hall–Kier alpha value is -3.28. The second-order valence-electron chi connectivity index (χ2n) is 5.08.